The van der Waals surface area contributed by atoms with Crippen molar-refractivity contribution in [2.75, 3.05) is 6.61 Å². The highest BCUT2D eigenvalue weighted by Gasteiger charge is 2.43. The zero-order chi connectivity index (χ0) is 22.0. The van der Waals surface area contributed by atoms with Gasteiger partial charge < -0.3 is 15.5 Å². The Hall–Kier alpha value is -2.03. The number of aliphatic hydroxyl groups excluding tert-OH is 2. The summed E-state index contributed by atoms with van der Waals surface area (Å²) >= 11 is 0. The molecule has 1 aromatic heterocycles. The predicted octanol–water partition coefficient (Wildman–Crippen LogP) is 3.60. The van der Waals surface area contributed by atoms with Gasteiger partial charge in [-0.25, -0.2) is 9.97 Å². The SMILES string of the molecule is OC[C@@H]1[C@@H](Cc2ccnc(-c3cccc(C(F)(F)F)c3)n2)[C@H](NC2CCCC2)C[C@H]1O. The molecule has 2 aliphatic rings. The van der Waals surface area contributed by atoms with E-state index in [9.17, 15) is 23.4 Å². The quantitative estimate of drug-likeness (QED) is 0.646. The van der Waals surface area contributed by atoms with Gasteiger partial charge in [0.2, 0.25) is 0 Å². The molecular weight excluding hydrogens is 407 g/mol. The minimum atomic E-state index is -4.43. The number of benzene rings is 1. The summed E-state index contributed by atoms with van der Waals surface area (Å²) in [5.74, 6) is -0.0290. The van der Waals surface area contributed by atoms with Crippen molar-refractivity contribution in [1.29, 1.82) is 0 Å². The molecule has 2 aromatic rings. The number of alkyl halides is 3. The third-order valence-electron chi connectivity index (χ3n) is 6.68. The second-order valence-electron chi connectivity index (χ2n) is 8.72. The highest BCUT2D eigenvalue weighted by Crippen LogP contribution is 2.36. The molecule has 8 heteroatoms. The Kier molecular flexibility index (Phi) is 6.60. The molecule has 0 unspecified atom stereocenters. The van der Waals surface area contributed by atoms with E-state index in [1.807, 2.05) is 0 Å². The van der Waals surface area contributed by atoms with Crippen LogP contribution in [0.25, 0.3) is 11.4 Å². The zero-order valence-electron chi connectivity index (χ0n) is 17.2. The van der Waals surface area contributed by atoms with Crippen molar-refractivity contribution in [2.24, 2.45) is 11.8 Å². The highest BCUT2D eigenvalue weighted by atomic mass is 19.4. The summed E-state index contributed by atoms with van der Waals surface area (Å²) in [4.78, 5) is 8.69. The molecule has 4 atom stereocenters. The van der Waals surface area contributed by atoms with E-state index >= 15 is 0 Å². The first-order valence-corrected chi connectivity index (χ1v) is 10.9. The van der Waals surface area contributed by atoms with Crippen LogP contribution < -0.4 is 5.32 Å². The van der Waals surface area contributed by atoms with Crippen molar-refractivity contribution in [3.8, 4) is 11.4 Å². The number of aliphatic hydroxyl groups is 2. The molecule has 31 heavy (non-hydrogen) atoms. The number of hydrogen-bond donors (Lipinski definition) is 3. The van der Waals surface area contributed by atoms with Gasteiger partial charge in [-0.15, -0.1) is 0 Å². The van der Waals surface area contributed by atoms with Gasteiger partial charge in [0.05, 0.1) is 11.7 Å². The van der Waals surface area contributed by atoms with Crippen molar-refractivity contribution in [3.05, 3.63) is 47.8 Å². The van der Waals surface area contributed by atoms with Crippen LogP contribution in [0.4, 0.5) is 13.2 Å². The first-order chi connectivity index (χ1) is 14.8. The fourth-order valence-electron chi connectivity index (χ4n) is 5.06. The van der Waals surface area contributed by atoms with Crippen molar-refractivity contribution in [1.82, 2.24) is 15.3 Å². The van der Waals surface area contributed by atoms with Crippen LogP contribution in [0, 0.1) is 11.8 Å². The van der Waals surface area contributed by atoms with Crippen molar-refractivity contribution < 1.29 is 23.4 Å². The molecule has 0 saturated heterocycles. The van der Waals surface area contributed by atoms with Gasteiger partial charge in [-0.1, -0.05) is 25.0 Å². The maximum absolute atomic E-state index is 13.1. The Morgan fingerprint density at radius 1 is 1.10 bits per heavy atom. The van der Waals surface area contributed by atoms with E-state index in [0.29, 0.717) is 30.1 Å². The topological polar surface area (TPSA) is 78.3 Å². The molecule has 4 rings (SSSR count). The summed E-state index contributed by atoms with van der Waals surface area (Å²) in [6.07, 6.45) is 2.28. The standard InChI is InChI=1S/C23H28F3N3O2/c24-23(25,26)15-5-3-4-14(10-15)22-27-9-8-17(29-22)11-18-19(13-30)21(31)12-20(18)28-16-6-1-2-7-16/h3-5,8-10,16,18-21,28,30-31H,1-2,6-7,11-13H2/t18-,19-,20-,21-/m1/s1. The van der Waals surface area contributed by atoms with Crippen LogP contribution in [-0.4, -0.2) is 45.0 Å². The van der Waals surface area contributed by atoms with E-state index in [2.05, 4.69) is 15.3 Å². The van der Waals surface area contributed by atoms with Gasteiger partial charge in [0.25, 0.3) is 0 Å². The number of rotatable bonds is 6. The second kappa shape index (κ2) is 9.22. The fraction of sp³-hybridized carbons (Fsp3) is 0.565. The largest absolute Gasteiger partial charge is 0.416 e. The molecule has 168 valence electrons. The molecule has 0 bridgehead atoms. The summed E-state index contributed by atoms with van der Waals surface area (Å²) in [5.41, 5.74) is 0.264. The molecule has 2 fully saturated rings. The molecule has 1 heterocycles. The third-order valence-corrected chi connectivity index (χ3v) is 6.68. The molecule has 2 aliphatic carbocycles. The van der Waals surface area contributed by atoms with Crippen molar-refractivity contribution in [2.45, 2.75) is 62.9 Å². The van der Waals surface area contributed by atoms with Gasteiger partial charge in [-0.05, 0) is 49.8 Å². The first-order valence-electron chi connectivity index (χ1n) is 10.9. The van der Waals surface area contributed by atoms with Crippen LogP contribution in [0.5, 0.6) is 0 Å². The van der Waals surface area contributed by atoms with E-state index in [1.165, 1.54) is 18.9 Å². The molecule has 0 amide bonds. The molecule has 0 radical (unpaired) electrons. The van der Waals surface area contributed by atoms with Crippen molar-refractivity contribution >= 4 is 0 Å². The summed E-state index contributed by atoms with van der Waals surface area (Å²) in [6.45, 7) is -0.111. The smallest absolute Gasteiger partial charge is 0.396 e. The van der Waals surface area contributed by atoms with Crippen molar-refractivity contribution in [3.63, 3.8) is 0 Å². The highest BCUT2D eigenvalue weighted by molar-refractivity contribution is 5.56. The monoisotopic (exact) mass is 435 g/mol. The van der Waals surface area contributed by atoms with Gasteiger partial charge in [-0.2, -0.15) is 13.2 Å². The van der Waals surface area contributed by atoms with Gasteiger partial charge in [0.15, 0.2) is 5.82 Å². The molecule has 0 spiro atoms. The van der Waals surface area contributed by atoms with Gasteiger partial charge in [-0.3, -0.25) is 0 Å². The fourth-order valence-corrected chi connectivity index (χ4v) is 5.06. The zero-order valence-corrected chi connectivity index (χ0v) is 17.2. The molecule has 1 aromatic carbocycles. The summed E-state index contributed by atoms with van der Waals surface area (Å²) in [7, 11) is 0. The predicted molar refractivity (Wildman–Crippen MR) is 110 cm³/mol. The lowest BCUT2D eigenvalue weighted by Crippen LogP contribution is -2.41. The van der Waals surface area contributed by atoms with Crippen LogP contribution >= 0.6 is 0 Å². The molecule has 2 saturated carbocycles. The van der Waals surface area contributed by atoms with E-state index in [1.54, 1.807) is 18.3 Å². The minimum absolute atomic E-state index is 0.00939. The minimum Gasteiger partial charge on any atom is -0.396 e. The molecule has 5 nitrogen and oxygen atoms in total. The average Bonchev–Trinajstić information content (AvgIpc) is 3.36. The van der Waals surface area contributed by atoms with E-state index in [4.69, 9.17) is 0 Å². The lowest BCUT2D eigenvalue weighted by molar-refractivity contribution is -0.137. The van der Waals surface area contributed by atoms with Gasteiger partial charge in [0.1, 0.15) is 0 Å². The lowest BCUT2D eigenvalue weighted by atomic mass is 9.88. The Morgan fingerprint density at radius 2 is 1.87 bits per heavy atom. The maximum Gasteiger partial charge on any atom is 0.416 e. The van der Waals surface area contributed by atoms with Gasteiger partial charge >= 0.3 is 6.18 Å². The van der Waals surface area contributed by atoms with Crippen LogP contribution in [0.15, 0.2) is 36.5 Å². The van der Waals surface area contributed by atoms with E-state index in [0.717, 1.165) is 25.0 Å². The molecule has 0 aliphatic heterocycles. The number of halogens is 3. The lowest BCUT2D eigenvalue weighted by Gasteiger charge is -2.27. The van der Waals surface area contributed by atoms with Crippen LogP contribution in [0.1, 0.15) is 43.4 Å². The Labute approximate surface area is 179 Å². The van der Waals surface area contributed by atoms with Gasteiger partial charge in [0, 0.05) is 42.1 Å². The van der Waals surface area contributed by atoms with E-state index < -0.39 is 17.8 Å². The summed E-state index contributed by atoms with van der Waals surface area (Å²) in [6, 6.07) is 7.26. The summed E-state index contributed by atoms with van der Waals surface area (Å²) < 4.78 is 39.2. The van der Waals surface area contributed by atoms with Crippen LogP contribution in [0.3, 0.4) is 0 Å². The maximum atomic E-state index is 13.1. The Bertz CT molecular complexity index is 886. The average molecular weight is 435 g/mol. The normalized spacial score (nSPS) is 27.1. The second-order valence-corrected chi connectivity index (χ2v) is 8.72. The third kappa shape index (κ3) is 5.07. The molecule has 3 N–H and O–H groups in total. The summed E-state index contributed by atoms with van der Waals surface area (Å²) in [5, 5.41) is 24.0. The van der Waals surface area contributed by atoms with Crippen LogP contribution in [-0.2, 0) is 12.6 Å². The Morgan fingerprint density at radius 3 is 2.58 bits per heavy atom. The van der Waals surface area contributed by atoms with E-state index in [-0.39, 0.29) is 30.3 Å². The number of aromatic nitrogens is 2. The van der Waals surface area contributed by atoms with Crippen LogP contribution in [0.2, 0.25) is 0 Å². The number of nitrogens with one attached hydrogen (secondary N) is 1. The Balaban J connectivity index is 1.55. The number of hydrogen-bond acceptors (Lipinski definition) is 5. The number of nitrogens with zero attached hydrogens (tertiary/aromatic N) is 2. The first kappa shape index (κ1) is 22.2. The molecular formula is C23H28F3N3O2.